The third-order valence-electron chi connectivity index (χ3n) is 4.94. The van der Waals surface area contributed by atoms with Crippen LogP contribution in [0.4, 0.5) is 0 Å². The van der Waals surface area contributed by atoms with E-state index in [0.717, 1.165) is 12.0 Å². The van der Waals surface area contributed by atoms with Gasteiger partial charge in [0.15, 0.2) is 11.5 Å². The molecule has 1 aromatic carbocycles. The molecule has 0 saturated heterocycles. The number of hydrogen-bond acceptors (Lipinski definition) is 2. The molecule has 0 aromatic heterocycles. The Labute approximate surface area is 150 Å². The van der Waals surface area contributed by atoms with E-state index >= 15 is 0 Å². The number of aromatic hydroxyl groups is 1. The summed E-state index contributed by atoms with van der Waals surface area (Å²) in [5, 5.41) is 9.81. The average Bonchev–Trinajstić information content (AvgIpc) is 2.75. The molecule has 130 valence electrons. The topological polar surface area (TPSA) is 29.5 Å². The van der Waals surface area contributed by atoms with Gasteiger partial charge in [-0.1, -0.05) is 44.2 Å². The second-order valence-electron chi connectivity index (χ2n) is 7.14. The minimum Gasteiger partial charge on any atom is -0.504 e. The normalized spacial score (nSPS) is 11.3. The summed E-state index contributed by atoms with van der Waals surface area (Å²) in [6.45, 7) is 8.84. The molecular weight excluding hydrogens is 308 g/mol. The third-order valence-corrected chi connectivity index (χ3v) is 4.94. The lowest BCUT2D eigenvalue weighted by Crippen LogP contribution is -1.91. The maximum atomic E-state index is 9.81. The summed E-state index contributed by atoms with van der Waals surface area (Å²) >= 11 is 0. The van der Waals surface area contributed by atoms with E-state index in [9.17, 15) is 5.11 Å². The van der Waals surface area contributed by atoms with Crippen molar-refractivity contribution in [2.45, 2.75) is 40.0 Å². The maximum absolute atomic E-state index is 9.81. The van der Waals surface area contributed by atoms with Gasteiger partial charge >= 0.3 is 0 Å². The lowest BCUT2D eigenvalue weighted by Gasteiger charge is -2.09. The van der Waals surface area contributed by atoms with Crippen molar-refractivity contribution < 1.29 is 9.84 Å². The van der Waals surface area contributed by atoms with E-state index in [-0.39, 0.29) is 5.75 Å². The molecule has 0 saturated carbocycles. The Balaban J connectivity index is 2.07. The molecule has 0 radical (unpaired) electrons. The zero-order valence-corrected chi connectivity index (χ0v) is 15.7. The van der Waals surface area contributed by atoms with Crippen LogP contribution in [0.3, 0.4) is 0 Å². The first-order valence-electron chi connectivity index (χ1n) is 8.79. The number of hydrogen-bond donors (Lipinski definition) is 1. The molecule has 0 bridgehead atoms. The summed E-state index contributed by atoms with van der Waals surface area (Å²) in [7, 11) is 1.58. The molecule has 2 nitrogen and oxygen atoms in total. The molecule has 0 amide bonds. The first-order valence-corrected chi connectivity index (χ1v) is 8.79. The average molecular weight is 334 g/mol. The van der Waals surface area contributed by atoms with Crippen molar-refractivity contribution in [1.29, 1.82) is 0 Å². The Kier molecular flexibility index (Phi) is 4.71. The molecule has 3 rings (SSSR count). The first kappa shape index (κ1) is 17.3. The number of phenols is 1. The standard InChI is InChI=1S/C23H26O2/c1-14(2)18-8-6-15(3)23-19(10-16(4)20(23)13-18)11-17-7-9-21(24)22(12-17)25-5/h6-10,12-14,24H,11H2,1-5H3. The molecule has 2 aliphatic rings. The fourth-order valence-electron chi connectivity index (χ4n) is 3.50. The first-order chi connectivity index (χ1) is 11.9. The summed E-state index contributed by atoms with van der Waals surface area (Å²) in [4.78, 5) is 0. The van der Waals surface area contributed by atoms with Gasteiger partial charge in [-0.15, -0.1) is 0 Å². The van der Waals surface area contributed by atoms with Gasteiger partial charge in [0.05, 0.1) is 7.11 Å². The van der Waals surface area contributed by atoms with E-state index in [1.165, 1.54) is 33.4 Å². The van der Waals surface area contributed by atoms with E-state index in [0.29, 0.717) is 11.7 Å². The van der Waals surface area contributed by atoms with Crippen molar-refractivity contribution in [3.05, 3.63) is 70.3 Å². The molecule has 0 spiro atoms. The minimum absolute atomic E-state index is 0.180. The van der Waals surface area contributed by atoms with Gasteiger partial charge in [0, 0.05) is 0 Å². The highest BCUT2D eigenvalue weighted by atomic mass is 16.5. The number of rotatable bonds is 4. The third kappa shape index (κ3) is 3.34. The van der Waals surface area contributed by atoms with E-state index in [1.54, 1.807) is 13.2 Å². The van der Waals surface area contributed by atoms with Gasteiger partial charge in [-0.2, -0.15) is 0 Å². The van der Waals surface area contributed by atoms with Gasteiger partial charge in [-0.05, 0) is 77.3 Å². The summed E-state index contributed by atoms with van der Waals surface area (Å²) in [6, 6.07) is 14.7. The molecule has 0 unspecified atom stereocenters. The fourth-order valence-corrected chi connectivity index (χ4v) is 3.50. The molecule has 25 heavy (non-hydrogen) atoms. The SMILES string of the molecule is COc1cc(Cc2cc(C)c3cc(C(C)C)ccc(C)c2-3)ccc1O. The highest BCUT2D eigenvalue weighted by molar-refractivity contribution is 5.78. The van der Waals surface area contributed by atoms with Gasteiger partial charge in [0.1, 0.15) is 0 Å². The van der Waals surface area contributed by atoms with Crippen molar-refractivity contribution in [2.75, 3.05) is 7.11 Å². The largest absolute Gasteiger partial charge is 0.504 e. The second kappa shape index (κ2) is 6.79. The predicted octanol–water partition coefficient (Wildman–Crippen LogP) is 5.84. The summed E-state index contributed by atoms with van der Waals surface area (Å²) in [6.07, 6.45) is 0.822. The van der Waals surface area contributed by atoms with E-state index in [4.69, 9.17) is 4.74 Å². The highest BCUT2D eigenvalue weighted by Crippen LogP contribution is 2.38. The number of benzene rings is 1. The monoisotopic (exact) mass is 334 g/mol. The van der Waals surface area contributed by atoms with Crippen LogP contribution in [0.2, 0.25) is 0 Å². The Morgan fingerprint density at radius 1 is 0.960 bits per heavy atom. The second-order valence-corrected chi connectivity index (χ2v) is 7.14. The lowest BCUT2D eigenvalue weighted by atomic mass is 9.98. The van der Waals surface area contributed by atoms with Crippen LogP contribution in [0.15, 0.2) is 42.5 Å². The summed E-state index contributed by atoms with van der Waals surface area (Å²) in [5.74, 6) is 1.21. The quantitative estimate of drug-likeness (QED) is 0.650. The van der Waals surface area contributed by atoms with Crippen LogP contribution in [0.5, 0.6) is 11.5 Å². The Morgan fingerprint density at radius 3 is 2.40 bits per heavy atom. The minimum atomic E-state index is 0.180. The molecule has 0 fully saturated rings. The van der Waals surface area contributed by atoms with Crippen molar-refractivity contribution in [2.24, 2.45) is 0 Å². The van der Waals surface area contributed by atoms with Crippen LogP contribution in [0.1, 0.15) is 47.6 Å². The van der Waals surface area contributed by atoms with Crippen molar-refractivity contribution in [3.8, 4) is 22.6 Å². The van der Waals surface area contributed by atoms with Crippen LogP contribution < -0.4 is 4.74 Å². The summed E-state index contributed by atoms with van der Waals surface area (Å²) in [5.41, 5.74) is 9.13. The van der Waals surface area contributed by atoms with Crippen LogP contribution in [0, 0.1) is 13.8 Å². The Morgan fingerprint density at radius 2 is 1.72 bits per heavy atom. The zero-order chi connectivity index (χ0) is 18.1. The molecule has 1 N–H and O–H groups in total. The fraction of sp³-hybridized carbons (Fsp3) is 0.304. The van der Waals surface area contributed by atoms with Crippen molar-refractivity contribution >= 4 is 0 Å². The molecular formula is C23H26O2. The van der Waals surface area contributed by atoms with Crippen LogP contribution in [-0.4, -0.2) is 12.2 Å². The summed E-state index contributed by atoms with van der Waals surface area (Å²) < 4.78 is 5.25. The van der Waals surface area contributed by atoms with Gasteiger partial charge < -0.3 is 9.84 Å². The Bertz CT molecular complexity index is 878. The number of phenolic OH excluding ortho intramolecular Hbond substituents is 1. The zero-order valence-electron chi connectivity index (χ0n) is 15.7. The van der Waals surface area contributed by atoms with Gasteiger partial charge in [0.25, 0.3) is 0 Å². The maximum Gasteiger partial charge on any atom is 0.160 e. The molecule has 0 aliphatic heterocycles. The van der Waals surface area contributed by atoms with Crippen LogP contribution >= 0.6 is 0 Å². The van der Waals surface area contributed by atoms with Gasteiger partial charge in [-0.25, -0.2) is 0 Å². The van der Waals surface area contributed by atoms with Crippen LogP contribution in [-0.2, 0) is 6.42 Å². The molecule has 2 aliphatic carbocycles. The smallest absolute Gasteiger partial charge is 0.160 e. The van der Waals surface area contributed by atoms with E-state index < -0.39 is 0 Å². The molecule has 0 heterocycles. The van der Waals surface area contributed by atoms with Crippen molar-refractivity contribution in [1.82, 2.24) is 0 Å². The highest BCUT2D eigenvalue weighted by Gasteiger charge is 2.17. The van der Waals surface area contributed by atoms with Crippen LogP contribution in [0.25, 0.3) is 11.1 Å². The van der Waals surface area contributed by atoms with E-state index in [1.807, 2.05) is 12.1 Å². The number of methoxy groups -OCH3 is 1. The predicted molar refractivity (Wildman–Crippen MR) is 104 cm³/mol. The molecule has 1 aromatic rings. The lowest BCUT2D eigenvalue weighted by molar-refractivity contribution is 0.373. The van der Waals surface area contributed by atoms with E-state index in [2.05, 4.69) is 52.0 Å². The number of fused-ring (bicyclic) bond motifs is 1. The molecule has 0 atom stereocenters. The number of aryl methyl sites for hydroxylation is 2. The van der Waals surface area contributed by atoms with Crippen molar-refractivity contribution in [3.63, 3.8) is 0 Å². The Hall–Kier alpha value is -2.48. The van der Waals surface area contributed by atoms with Gasteiger partial charge in [0.2, 0.25) is 0 Å². The molecule has 2 heteroatoms. The number of ether oxygens (including phenoxy) is 1. The van der Waals surface area contributed by atoms with Gasteiger partial charge in [-0.3, -0.25) is 0 Å².